The van der Waals surface area contributed by atoms with Crippen LogP contribution in [-0.2, 0) is 9.53 Å². The highest BCUT2D eigenvalue weighted by atomic mass is 16.5. The summed E-state index contributed by atoms with van der Waals surface area (Å²) in [5, 5.41) is 2.87. The second-order valence-electron chi connectivity index (χ2n) is 6.51. The van der Waals surface area contributed by atoms with Crippen LogP contribution in [0.2, 0.25) is 0 Å². The number of carbonyl (C=O) groups is 2. The van der Waals surface area contributed by atoms with Crippen molar-refractivity contribution in [2.75, 3.05) is 0 Å². The molecule has 3 atom stereocenters. The molecular weight excluding hydrogens is 316 g/mol. The van der Waals surface area contributed by atoms with Gasteiger partial charge in [0.15, 0.2) is 5.78 Å². The molecule has 0 aliphatic heterocycles. The third kappa shape index (κ3) is 5.00. The highest BCUT2D eigenvalue weighted by Crippen LogP contribution is 2.25. The van der Waals surface area contributed by atoms with Gasteiger partial charge in [-0.2, -0.15) is 0 Å². The van der Waals surface area contributed by atoms with Crippen molar-refractivity contribution in [1.82, 2.24) is 5.32 Å². The number of benzene rings is 1. The fourth-order valence-electron chi connectivity index (χ4n) is 3.16. The quantitative estimate of drug-likeness (QED) is 0.745. The van der Waals surface area contributed by atoms with E-state index < -0.39 is 6.10 Å². The highest BCUT2D eigenvalue weighted by Gasteiger charge is 2.35. The molecule has 2 rings (SSSR count). The minimum absolute atomic E-state index is 0.0407. The number of ether oxygens (including phenoxy) is 1. The first kappa shape index (κ1) is 19.3. The van der Waals surface area contributed by atoms with E-state index in [0.717, 1.165) is 12.8 Å². The molecule has 0 aromatic heterocycles. The lowest BCUT2D eigenvalue weighted by Crippen LogP contribution is -2.56. The monoisotopic (exact) mass is 344 g/mol. The van der Waals surface area contributed by atoms with Crippen molar-refractivity contribution in [3.05, 3.63) is 47.5 Å². The zero-order valence-electron chi connectivity index (χ0n) is 15.2. The van der Waals surface area contributed by atoms with Gasteiger partial charge in [-0.05, 0) is 25.3 Å². The van der Waals surface area contributed by atoms with E-state index in [4.69, 9.17) is 10.5 Å². The molecule has 0 radical (unpaired) electrons. The fourth-order valence-corrected chi connectivity index (χ4v) is 3.16. The normalized spacial score (nSPS) is 23.2. The summed E-state index contributed by atoms with van der Waals surface area (Å²) >= 11 is 0. The zero-order valence-corrected chi connectivity index (χ0v) is 15.2. The van der Waals surface area contributed by atoms with Gasteiger partial charge in [-0.3, -0.25) is 9.59 Å². The highest BCUT2D eigenvalue weighted by molar-refractivity contribution is 6.08. The molecule has 1 amide bonds. The van der Waals surface area contributed by atoms with Crippen LogP contribution in [0, 0.1) is 0 Å². The van der Waals surface area contributed by atoms with Gasteiger partial charge in [0.25, 0.3) is 0 Å². The molecule has 3 N–H and O–H groups in total. The van der Waals surface area contributed by atoms with Crippen LogP contribution < -0.4 is 11.1 Å². The van der Waals surface area contributed by atoms with Crippen LogP contribution >= 0.6 is 0 Å². The van der Waals surface area contributed by atoms with Crippen molar-refractivity contribution in [3.8, 4) is 0 Å². The third-order valence-corrected chi connectivity index (χ3v) is 4.63. The van der Waals surface area contributed by atoms with Gasteiger partial charge in [-0.25, -0.2) is 0 Å². The summed E-state index contributed by atoms with van der Waals surface area (Å²) in [6, 6.07) is 8.45. The van der Waals surface area contributed by atoms with E-state index >= 15 is 0 Å². The molecule has 5 heteroatoms. The summed E-state index contributed by atoms with van der Waals surface area (Å²) in [5.41, 5.74) is 7.61. The van der Waals surface area contributed by atoms with E-state index in [-0.39, 0.29) is 29.9 Å². The molecule has 0 bridgehead atoms. The number of nitrogens with two attached hydrogens (primary N) is 1. The van der Waals surface area contributed by atoms with E-state index in [2.05, 4.69) is 19.2 Å². The molecular formula is C20H28N2O3. The molecule has 1 aliphatic rings. The van der Waals surface area contributed by atoms with Gasteiger partial charge in [0.05, 0.1) is 24.3 Å². The average molecular weight is 344 g/mol. The number of hydrogen-bond donors (Lipinski definition) is 2. The van der Waals surface area contributed by atoms with Crippen molar-refractivity contribution in [1.29, 1.82) is 0 Å². The Morgan fingerprint density at radius 2 is 1.88 bits per heavy atom. The number of amides is 1. The fraction of sp³-hybridized carbons (Fsp3) is 0.500. The van der Waals surface area contributed by atoms with E-state index in [1.165, 1.54) is 6.92 Å². The van der Waals surface area contributed by atoms with Crippen molar-refractivity contribution in [3.63, 3.8) is 0 Å². The number of rotatable bonds is 7. The van der Waals surface area contributed by atoms with E-state index in [0.29, 0.717) is 17.6 Å². The maximum atomic E-state index is 12.8. The molecule has 0 heterocycles. The van der Waals surface area contributed by atoms with Crippen LogP contribution in [0.5, 0.6) is 0 Å². The largest absolute Gasteiger partial charge is 0.369 e. The van der Waals surface area contributed by atoms with Crippen LogP contribution in [0.15, 0.2) is 42.0 Å². The molecule has 5 nitrogen and oxygen atoms in total. The topological polar surface area (TPSA) is 81.4 Å². The molecule has 1 aromatic rings. The van der Waals surface area contributed by atoms with Crippen molar-refractivity contribution in [2.45, 2.75) is 64.3 Å². The predicted octanol–water partition coefficient (Wildman–Crippen LogP) is 2.61. The first-order valence-electron chi connectivity index (χ1n) is 8.94. The molecule has 0 saturated carbocycles. The predicted molar refractivity (Wildman–Crippen MR) is 98.3 cm³/mol. The molecule has 0 fully saturated rings. The van der Waals surface area contributed by atoms with Gasteiger partial charge < -0.3 is 15.8 Å². The maximum Gasteiger partial charge on any atom is 0.217 e. The van der Waals surface area contributed by atoms with Crippen LogP contribution in [0.4, 0.5) is 0 Å². The van der Waals surface area contributed by atoms with E-state index in [1.807, 2.05) is 24.3 Å². The Hall–Kier alpha value is -1.98. The van der Waals surface area contributed by atoms with Gasteiger partial charge in [0.1, 0.15) is 0 Å². The minimum atomic E-state index is -0.391. The van der Waals surface area contributed by atoms with Crippen LogP contribution in [0.3, 0.4) is 0 Å². The standard InChI is InChI=1S/C20H28N2O3/c1-4-16(5-2)25-18-12-15(11-17(19(18)21)22-13(3)23)20(24)14-9-7-6-8-10-14/h6-10,12,16-19H,4-5,11,21H2,1-3H3,(H,22,23)/t17-,18+,19+/m0/s1. The van der Waals surface area contributed by atoms with Gasteiger partial charge in [-0.1, -0.05) is 44.2 Å². The van der Waals surface area contributed by atoms with Gasteiger partial charge >= 0.3 is 0 Å². The number of Topliss-reactive ketones (excluding diaryl/α,β-unsaturated/α-hetero) is 1. The first-order valence-corrected chi connectivity index (χ1v) is 8.94. The third-order valence-electron chi connectivity index (χ3n) is 4.63. The Balaban J connectivity index is 2.28. The molecule has 1 aromatic carbocycles. The molecule has 0 unspecified atom stereocenters. The van der Waals surface area contributed by atoms with Crippen molar-refractivity contribution >= 4 is 11.7 Å². The van der Waals surface area contributed by atoms with E-state index in [1.54, 1.807) is 12.1 Å². The Labute approximate surface area is 149 Å². The average Bonchev–Trinajstić information content (AvgIpc) is 2.62. The molecule has 0 saturated heterocycles. The summed E-state index contributed by atoms with van der Waals surface area (Å²) in [5.74, 6) is -0.198. The Kier molecular flexibility index (Phi) is 6.91. The van der Waals surface area contributed by atoms with Crippen LogP contribution in [0.1, 0.15) is 50.4 Å². The number of hydrogen-bond acceptors (Lipinski definition) is 4. The molecule has 136 valence electrons. The zero-order chi connectivity index (χ0) is 18.4. The van der Waals surface area contributed by atoms with Gasteiger partial charge in [0.2, 0.25) is 5.91 Å². The summed E-state index contributed by atoms with van der Waals surface area (Å²) in [6.07, 6.45) is 3.70. The summed E-state index contributed by atoms with van der Waals surface area (Å²) in [6.45, 7) is 5.58. The molecule has 25 heavy (non-hydrogen) atoms. The van der Waals surface area contributed by atoms with Gasteiger partial charge in [-0.15, -0.1) is 0 Å². The molecule has 0 spiro atoms. The lowest BCUT2D eigenvalue weighted by atomic mass is 9.85. The van der Waals surface area contributed by atoms with Crippen LogP contribution in [0.25, 0.3) is 0 Å². The SMILES string of the molecule is CCC(CC)O[C@@H]1C=C(C(=O)c2ccccc2)C[C@H](NC(C)=O)[C@H]1N. The Bertz CT molecular complexity index is 623. The second kappa shape index (κ2) is 8.92. The Morgan fingerprint density at radius 1 is 1.24 bits per heavy atom. The maximum absolute atomic E-state index is 12.8. The molecule has 1 aliphatic carbocycles. The lowest BCUT2D eigenvalue weighted by molar-refractivity contribution is -0.120. The number of carbonyl (C=O) groups excluding carboxylic acids is 2. The smallest absolute Gasteiger partial charge is 0.217 e. The Morgan fingerprint density at radius 3 is 2.44 bits per heavy atom. The lowest BCUT2D eigenvalue weighted by Gasteiger charge is -2.36. The van der Waals surface area contributed by atoms with Crippen molar-refractivity contribution in [2.24, 2.45) is 5.73 Å². The van der Waals surface area contributed by atoms with E-state index in [9.17, 15) is 9.59 Å². The van der Waals surface area contributed by atoms with Crippen molar-refractivity contribution < 1.29 is 14.3 Å². The van der Waals surface area contributed by atoms with Gasteiger partial charge in [0, 0.05) is 18.1 Å². The summed E-state index contributed by atoms with van der Waals surface area (Å²) in [7, 11) is 0. The first-order chi connectivity index (χ1) is 12.0. The number of ketones is 1. The summed E-state index contributed by atoms with van der Waals surface area (Å²) in [4.78, 5) is 24.4. The van der Waals surface area contributed by atoms with Crippen LogP contribution in [-0.4, -0.2) is 36.0 Å². The minimum Gasteiger partial charge on any atom is -0.369 e. The number of nitrogens with one attached hydrogen (secondary N) is 1. The summed E-state index contributed by atoms with van der Waals surface area (Å²) < 4.78 is 6.13. The second-order valence-corrected chi connectivity index (χ2v) is 6.51.